The second-order valence-corrected chi connectivity index (χ2v) is 7.71. The van der Waals surface area contributed by atoms with Crippen LogP contribution < -0.4 is 4.74 Å². The Bertz CT molecular complexity index is 1130. The molecule has 5 nitrogen and oxygen atoms in total. The number of nitrogens with one attached hydrogen (secondary N) is 1. The third-order valence-electron chi connectivity index (χ3n) is 5.79. The number of hydrogen-bond acceptors (Lipinski definition) is 3. The van der Waals surface area contributed by atoms with Crippen molar-refractivity contribution in [2.75, 3.05) is 13.2 Å². The van der Waals surface area contributed by atoms with Gasteiger partial charge >= 0.3 is 0 Å². The lowest BCUT2D eigenvalue weighted by Crippen LogP contribution is -2.35. The number of H-pyrrole nitrogens is 1. The van der Waals surface area contributed by atoms with Crippen molar-refractivity contribution < 1.29 is 4.74 Å². The summed E-state index contributed by atoms with van der Waals surface area (Å²) in [4.78, 5) is 6.28. The lowest BCUT2D eigenvalue weighted by atomic mass is 9.92. The van der Waals surface area contributed by atoms with E-state index in [4.69, 9.17) is 4.74 Å². The van der Waals surface area contributed by atoms with Gasteiger partial charge in [0.25, 0.3) is 0 Å². The highest BCUT2D eigenvalue weighted by atomic mass is 16.5. The summed E-state index contributed by atoms with van der Waals surface area (Å²) < 4.78 is 7.53. The van der Waals surface area contributed by atoms with Crippen LogP contribution in [0.4, 0.5) is 0 Å². The van der Waals surface area contributed by atoms with Crippen molar-refractivity contribution in [1.82, 2.24) is 19.7 Å². The van der Waals surface area contributed by atoms with E-state index in [1.165, 1.54) is 33.3 Å². The molecule has 0 amide bonds. The summed E-state index contributed by atoms with van der Waals surface area (Å²) in [6, 6.07) is 17.4. The van der Waals surface area contributed by atoms with Crippen molar-refractivity contribution in [3.63, 3.8) is 0 Å². The van der Waals surface area contributed by atoms with E-state index in [0.29, 0.717) is 6.61 Å². The molecule has 29 heavy (non-hydrogen) atoms. The van der Waals surface area contributed by atoms with Crippen molar-refractivity contribution >= 4 is 10.9 Å². The molecule has 1 N–H and O–H groups in total. The molecule has 5 heteroatoms. The number of nitrogens with zero attached hydrogens (tertiary/aromatic N) is 3. The molecule has 1 aliphatic heterocycles. The van der Waals surface area contributed by atoms with Crippen LogP contribution in [0.2, 0.25) is 0 Å². The summed E-state index contributed by atoms with van der Waals surface area (Å²) in [6.07, 6.45) is 5.12. The van der Waals surface area contributed by atoms with E-state index in [-0.39, 0.29) is 6.04 Å². The van der Waals surface area contributed by atoms with E-state index in [0.717, 1.165) is 25.3 Å². The van der Waals surface area contributed by atoms with Gasteiger partial charge in [-0.05, 0) is 42.7 Å². The van der Waals surface area contributed by atoms with Gasteiger partial charge in [-0.15, -0.1) is 0 Å². The zero-order valence-electron chi connectivity index (χ0n) is 16.9. The maximum atomic E-state index is 5.66. The molecule has 148 valence electrons. The minimum absolute atomic E-state index is 0.182. The van der Waals surface area contributed by atoms with Gasteiger partial charge < -0.3 is 9.72 Å². The van der Waals surface area contributed by atoms with Crippen LogP contribution >= 0.6 is 0 Å². The Labute approximate surface area is 170 Å². The van der Waals surface area contributed by atoms with Crippen LogP contribution in [0.1, 0.15) is 35.3 Å². The van der Waals surface area contributed by atoms with Gasteiger partial charge in [-0.3, -0.25) is 9.58 Å². The summed E-state index contributed by atoms with van der Waals surface area (Å²) in [5.41, 5.74) is 6.50. The molecule has 0 bridgehead atoms. The van der Waals surface area contributed by atoms with E-state index in [1.54, 1.807) is 0 Å². The molecule has 1 atom stereocenters. The van der Waals surface area contributed by atoms with E-state index in [9.17, 15) is 0 Å². The van der Waals surface area contributed by atoms with Gasteiger partial charge in [-0.1, -0.05) is 30.3 Å². The van der Waals surface area contributed by atoms with Gasteiger partial charge in [0.05, 0.1) is 18.8 Å². The Kier molecular flexibility index (Phi) is 4.60. The third kappa shape index (κ3) is 3.32. The third-order valence-corrected chi connectivity index (χ3v) is 5.79. The van der Waals surface area contributed by atoms with Crippen LogP contribution in [0.5, 0.6) is 5.75 Å². The smallest absolute Gasteiger partial charge is 0.119 e. The average molecular weight is 386 g/mol. The Hall–Kier alpha value is -3.05. The van der Waals surface area contributed by atoms with Crippen molar-refractivity contribution in [2.45, 2.75) is 25.9 Å². The first-order chi connectivity index (χ1) is 14.2. The van der Waals surface area contributed by atoms with Gasteiger partial charge in [-0.25, -0.2) is 0 Å². The van der Waals surface area contributed by atoms with Crippen LogP contribution in [0.15, 0.2) is 60.9 Å². The predicted octanol–water partition coefficient (Wildman–Crippen LogP) is 4.45. The Balaban J connectivity index is 1.58. The fourth-order valence-electron chi connectivity index (χ4n) is 4.54. The van der Waals surface area contributed by atoms with Crippen molar-refractivity contribution in [3.05, 3.63) is 83.3 Å². The predicted molar refractivity (Wildman–Crippen MR) is 115 cm³/mol. The van der Waals surface area contributed by atoms with Gasteiger partial charge in [0.15, 0.2) is 0 Å². The molecule has 0 radical (unpaired) electrons. The Morgan fingerprint density at radius 3 is 2.72 bits per heavy atom. The number of aromatic amines is 1. The van der Waals surface area contributed by atoms with E-state index >= 15 is 0 Å². The molecule has 0 spiro atoms. The molecular weight excluding hydrogens is 360 g/mol. The number of benzene rings is 2. The molecule has 1 unspecified atom stereocenters. The molecule has 4 aromatic rings. The molecule has 3 heterocycles. The van der Waals surface area contributed by atoms with Crippen molar-refractivity contribution in [1.29, 1.82) is 0 Å². The van der Waals surface area contributed by atoms with Gasteiger partial charge in [0.1, 0.15) is 5.75 Å². The standard InChI is InChI=1S/C24H26N4O/c1-3-29-19-10-8-18(9-11-19)24-23-21(20-6-4-5-7-22(20)26-23)12-13-28(24)16-17-14-25-27(2)15-17/h4-11,14-15,24,26H,3,12-13,16H2,1-2H3. The SMILES string of the molecule is CCOc1ccc(C2c3[nH]c4ccccc4c3CCN2Cc2cnn(C)c2)cc1. The maximum Gasteiger partial charge on any atom is 0.119 e. The quantitative estimate of drug-likeness (QED) is 0.551. The number of rotatable bonds is 5. The van der Waals surface area contributed by atoms with Gasteiger partial charge in [-0.2, -0.15) is 5.10 Å². The van der Waals surface area contributed by atoms with Crippen molar-refractivity contribution in [3.8, 4) is 5.75 Å². The van der Waals surface area contributed by atoms with Crippen LogP contribution in [0.25, 0.3) is 10.9 Å². The minimum Gasteiger partial charge on any atom is -0.494 e. The molecule has 2 aromatic heterocycles. The number of para-hydroxylation sites is 1. The molecule has 1 aliphatic rings. The molecular formula is C24H26N4O. The molecule has 2 aromatic carbocycles. The molecule has 0 saturated heterocycles. The Morgan fingerprint density at radius 1 is 1.14 bits per heavy atom. The maximum absolute atomic E-state index is 5.66. The van der Waals surface area contributed by atoms with E-state index in [1.807, 2.05) is 24.9 Å². The van der Waals surface area contributed by atoms with Crippen LogP contribution in [-0.2, 0) is 20.0 Å². The molecule has 5 rings (SSSR count). The van der Waals surface area contributed by atoms with Gasteiger partial charge in [0, 0.05) is 48.5 Å². The van der Waals surface area contributed by atoms with Crippen molar-refractivity contribution in [2.24, 2.45) is 7.05 Å². The summed E-state index contributed by atoms with van der Waals surface area (Å²) in [5, 5.41) is 5.70. The first kappa shape index (κ1) is 18.0. The van der Waals surface area contributed by atoms with E-state index in [2.05, 4.69) is 69.7 Å². The highest BCUT2D eigenvalue weighted by Crippen LogP contribution is 2.39. The first-order valence-corrected chi connectivity index (χ1v) is 10.3. The van der Waals surface area contributed by atoms with Crippen LogP contribution in [0.3, 0.4) is 0 Å². The summed E-state index contributed by atoms with van der Waals surface area (Å²) >= 11 is 0. The lowest BCUT2D eigenvalue weighted by molar-refractivity contribution is 0.202. The minimum atomic E-state index is 0.182. The number of fused-ring (bicyclic) bond motifs is 3. The fourth-order valence-corrected chi connectivity index (χ4v) is 4.54. The van der Waals surface area contributed by atoms with Crippen LogP contribution in [0, 0.1) is 0 Å². The molecule has 0 fully saturated rings. The monoisotopic (exact) mass is 386 g/mol. The number of aryl methyl sites for hydroxylation is 1. The van der Waals surface area contributed by atoms with E-state index < -0.39 is 0 Å². The Morgan fingerprint density at radius 2 is 1.97 bits per heavy atom. The second-order valence-electron chi connectivity index (χ2n) is 7.71. The molecule has 0 aliphatic carbocycles. The van der Waals surface area contributed by atoms with Crippen LogP contribution in [-0.4, -0.2) is 32.8 Å². The summed E-state index contributed by atoms with van der Waals surface area (Å²) in [7, 11) is 1.97. The average Bonchev–Trinajstić information content (AvgIpc) is 3.32. The van der Waals surface area contributed by atoms with Gasteiger partial charge in [0.2, 0.25) is 0 Å². The normalized spacial score (nSPS) is 16.8. The zero-order chi connectivity index (χ0) is 19.8. The first-order valence-electron chi connectivity index (χ1n) is 10.3. The number of ether oxygens (including phenoxy) is 1. The number of aromatic nitrogens is 3. The number of hydrogen-bond donors (Lipinski definition) is 1. The summed E-state index contributed by atoms with van der Waals surface area (Å²) in [6.45, 7) is 4.59. The largest absolute Gasteiger partial charge is 0.494 e. The second kappa shape index (κ2) is 7.41. The molecule has 0 saturated carbocycles. The topological polar surface area (TPSA) is 46.1 Å². The fraction of sp³-hybridized carbons (Fsp3) is 0.292. The highest BCUT2D eigenvalue weighted by Gasteiger charge is 2.31. The zero-order valence-corrected chi connectivity index (χ0v) is 16.9. The summed E-state index contributed by atoms with van der Waals surface area (Å²) in [5.74, 6) is 0.919. The highest BCUT2D eigenvalue weighted by molar-refractivity contribution is 5.85. The lowest BCUT2D eigenvalue weighted by Gasteiger charge is -2.36.